The van der Waals surface area contributed by atoms with Crippen molar-refractivity contribution in [2.45, 2.75) is 19.5 Å². The molecular weight excluding hydrogens is 519 g/mol. The van der Waals surface area contributed by atoms with E-state index in [2.05, 4.69) is 38.5 Å². The van der Waals surface area contributed by atoms with Crippen molar-refractivity contribution in [3.05, 3.63) is 71.8 Å². The zero-order chi connectivity index (χ0) is 27.7. The molecule has 1 aliphatic rings. The van der Waals surface area contributed by atoms with Gasteiger partial charge in [0.25, 0.3) is 0 Å². The number of hydrogen-bond acceptors (Lipinski definition) is 8. The fourth-order valence-electron chi connectivity index (χ4n) is 4.77. The van der Waals surface area contributed by atoms with Gasteiger partial charge in [0.2, 0.25) is 16.0 Å². The zero-order valence-corrected chi connectivity index (χ0v) is 22.7. The van der Waals surface area contributed by atoms with E-state index in [0.717, 1.165) is 41.3 Å². The molecule has 0 aliphatic carbocycles. The standard InChI is InChI=1S/C27H29FN8O2S/c1-18-16-35(11-9-30-18)25-7-5-23(13-20(25)14-29)32-27-31-15-19-8-10-36(26(19)33-27)17-21-12-22(28)4-6-24(21)34(2)39(3,37)38/h4-8,10,12-13,15,18,30H,9,11,16-17H2,1-3H3,(H,31,32,33)/t18-/m0/s1. The number of hydrogen-bond donors (Lipinski definition) is 2. The molecule has 0 spiro atoms. The van der Waals surface area contributed by atoms with Crippen molar-refractivity contribution in [1.82, 2.24) is 19.9 Å². The van der Waals surface area contributed by atoms with E-state index < -0.39 is 15.8 Å². The second-order valence-corrected chi connectivity index (χ2v) is 11.7. The van der Waals surface area contributed by atoms with Gasteiger partial charge in [0.15, 0.2) is 0 Å². The van der Waals surface area contributed by atoms with E-state index >= 15 is 0 Å². The first-order valence-corrected chi connectivity index (χ1v) is 14.3. The number of nitrogens with one attached hydrogen (secondary N) is 2. The predicted octanol–water partition coefficient (Wildman–Crippen LogP) is 3.43. The van der Waals surface area contributed by atoms with Crippen LogP contribution < -0.4 is 19.8 Å². The first-order chi connectivity index (χ1) is 18.6. The van der Waals surface area contributed by atoms with Crippen molar-refractivity contribution in [3.63, 3.8) is 0 Å². The van der Waals surface area contributed by atoms with Gasteiger partial charge in [0.05, 0.1) is 29.7 Å². The molecule has 0 saturated carbocycles. The minimum atomic E-state index is -3.54. The minimum Gasteiger partial charge on any atom is -0.368 e. The molecule has 3 heterocycles. The van der Waals surface area contributed by atoms with E-state index in [1.807, 2.05) is 22.8 Å². The van der Waals surface area contributed by atoms with Gasteiger partial charge in [-0.1, -0.05) is 0 Å². The van der Waals surface area contributed by atoms with Gasteiger partial charge >= 0.3 is 0 Å². The average Bonchev–Trinajstić information content (AvgIpc) is 3.29. The number of benzene rings is 2. The maximum atomic E-state index is 14.1. The third kappa shape index (κ3) is 5.64. The fourth-order valence-corrected chi connectivity index (χ4v) is 5.30. The number of nitrogens with zero attached hydrogens (tertiary/aromatic N) is 6. The first kappa shape index (κ1) is 26.4. The Bertz CT molecular complexity index is 1680. The molecule has 1 aliphatic heterocycles. The Morgan fingerprint density at radius 1 is 1.26 bits per heavy atom. The Morgan fingerprint density at radius 2 is 2.08 bits per heavy atom. The monoisotopic (exact) mass is 548 g/mol. The lowest BCUT2D eigenvalue weighted by atomic mass is 10.1. The summed E-state index contributed by atoms with van der Waals surface area (Å²) in [5, 5.41) is 17.2. The summed E-state index contributed by atoms with van der Waals surface area (Å²) in [6, 6.07) is 14.1. The van der Waals surface area contributed by atoms with Crippen molar-refractivity contribution in [3.8, 4) is 6.07 Å². The molecule has 5 rings (SSSR count). The fraction of sp³-hybridized carbons (Fsp3) is 0.296. The average molecular weight is 549 g/mol. The van der Waals surface area contributed by atoms with Crippen LogP contribution in [0.5, 0.6) is 0 Å². The minimum absolute atomic E-state index is 0.198. The third-order valence-corrected chi connectivity index (χ3v) is 8.00. The van der Waals surface area contributed by atoms with E-state index in [0.29, 0.717) is 40.1 Å². The Kier molecular flexibility index (Phi) is 7.12. The number of anilines is 4. The molecule has 202 valence electrons. The molecule has 10 nitrogen and oxygen atoms in total. The van der Waals surface area contributed by atoms with Crippen LogP contribution in [0.3, 0.4) is 0 Å². The second-order valence-electron chi connectivity index (χ2n) is 9.69. The van der Waals surface area contributed by atoms with E-state index in [4.69, 9.17) is 0 Å². The molecule has 2 aromatic heterocycles. The van der Waals surface area contributed by atoms with Crippen LogP contribution in [0.2, 0.25) is 0 Å². The van der Waals surface area contributed by atoms with Crippen LogP contribution in [0.4, 0.5) is 27.4 Å². The van der Waals surface area contributed by atoms with E-state index in [1.165, 1.54) is 25.2 Å². The highest BCUT2D eigenvalue weighted by Crippen LogP contribution is 2.28. The Hall–Kier alpha value is -4.21. The summed E-state index contributed by atoms with van der Waals surface area (Å²) in [6.07, 6.45) is 4.58. The van der Waals surface area contributed by atoms with Crippen LogP contribution >= 0.6 is 0 Å². The molecule has 1 fully saturated rings. The summed E-state index contributed by atoms with van der Waals surface area (Å²) in [6.45, 7) is 4.84. The summed E-state index contributed by atoms with van der Waals surface area (Å²) in [7, 11) is -2.10. The maximum absolute atomic E-state index is 14.1. The van der Waals surface area contributed by atoms with Gasteiger partial charge in [-0.15, -0.1) is 0 Å². The predicted molar refractivity (Wildman–Crippen MR) is 150 cm³/mol. The summed E-state index contributed by atoms with van der Waals surface area (Å²) in [4.78, 5) is 11.3. The Balaban J connectivity index is 1.42. The lowest BCUT2D eigenvalue weighted by molar-refractivity contribution is 0.484. The van der Waals surface area contributed by atoms with E-state index in [1.54, 1.807) is 18.5 Å². The smallest absolute Gasteiger partial charge is 0.232 e. The lowest BCUT2D eigenvalue weighted by Gasteiger charge is -2.34. The quantitative estimate of drug-likeness (QED) is 0.361. The number of piperazine rings is 1. The van der Waals surface area contributed by atoms with Crippen LogP contribution in [-0.4, -0.2) is 61.9 Å². The van der Waals surface area contributed by atoms with Crippen LogP contribution in [0.1, 0.15) is 18.1 Å². The number of rotatable bonds is 7. The topological polar surface area (TPSA) is 119 Å². The molecule has 2 aromatic carbocycles. The lowest BCUT2D eigenvalue weighted by Crippen LogP contribution is -2.49. The molecule has 0 unspecified atom stereocenters. The van der Waals surface area contributed by atoms with Gasteiger partial charge in [-0.05, 0) is 55.0 Å². The molecule has 12 heteroatoms. The van der Waals surface area contributed by atoms with Crippen molar-refractivity contribution in [2.24, 2.45) is 0 Å². The van der Waals surface area contributed by atoms with E-state index in [-0.39, 0.29) is 6.54 Å². The van der Waals surface area contributed by atoms with Crippen LogP contribution in [0.15, 0.2) is 54.9 Å². The molecule has 4 aromatic rings. The van der Waals surface area contributed by atoms with E-state index in [9.17, 15) is 18.1 Å². The summed E-state index contributed by atoms with van der Waals surface area (Å²) in [5.74, 6) is -0.126. The van der Waals surface area contributed by atoms with Gasteiger partial charge in [-0.3, -0.25) is 4.31 Å². The molecule has 0 bridgehead atoms. The molecule has 0 radical (unpaired) electrons. The van der Waals surface area contributed by atoms with Crippen LogP contribution in [0, 0.1) is 17.1 Å². The van der Waals surface area contributed by atoms with Crippen molar-refractivity contribution < 1.29 is 12.8 Å². The van der Waals surface area contributed by atoms with Crippen LogP contribution in [0.25, 0.3) is 11.0 Å². The summed E-state index contributed by atoms with van der Waals surface area (Å²) >= 11 is 0. The molecule has 1 saturated heterocycles. The summed E-state index contributed by atoms with van der Waals surface area (Å²) < 4.78 is 41.4. The highest BCUT2D eigenvalue weighted by Gasteiger charge is 2.20. The van der Waals surface area contributed by atoms with Gasteiger partial charge in [-0.2, -0.15) is 10.2 Å². The Morgan fingerprint density at radius 3 is 2.82 bits per heavy atom. The highest BCUT2D eigenvalue weighted by atomic mass is 32.2. The first-order valence-electron chi connectivity index (χ1n) is 12.5. The molecule has 1 atom stereocenters. The highest BCUT2D eigenvalue weighted by molar-refractivity contribution is 7.92. The van der Waals surface area contributed by atoms with Crippen LogP contribution in [-0.2, 0) is 16.6 Å². The SMILES string of the molecule is C[C@H]1CN(c2ccc(Nc3ncc4ccn(Cc5cc(F)ccc5N(C)S(C)(=O)=O)c4n3)cc2C#N)CCN1. The Labute approximate surface area is 226 Å². The second kappa shape index (κ2) is 10.5. The number of fused-ring (bicyclic) bond motifs is 1. The number of sulfonamides is 1. The number of aromatic nitrogens is 3. The normalized spacial score (nSPS) is 15.8. The third-order valence-electron chi connectivity index (χ3n) is 6.80. The van der Waals surface area contributed by atoms with Crippen molar-refractivity contribution in [1.29, 1.82) is 5.26 Å². The zero-order valence-electron chi connectivity index (χ0n) is 21.9. The number of halogens is 1. The van der Waals surface area contributed by atoms with Gasteiger partial charge in [-0.25, -0.2) is 17.8 Å². The van der Waals surface area contributed by atoms with Crippen molar-refractivity contribution >= 4 is 44.1 Å². The molecule has 0 amide bonds. The molecular formula is C27H29FN8O2S. The molecule has 39 heavy (non-hydrogen) atoms. The van der Waals surface area contributed by atoms with Gasteiger partial charge in [0.1, 0.15) is 17.5 Å². The maximum Gasteiger partial charge on any atom is 0.232 e. The number of nitriles is 1. The molecule has 2 N–H and O–H groups in total. The summed E-state index contributed by atoms with van der Waals surface area (Å²) in [5.41, 5.74) is 3.61. The van der Waals surface area contributed by atoms with Crippen molar-refractivity contribution in [2.75, 3.05) is 47.5 Å². The largest absolute Gasteiger partial charge is 0.368 e. The van der Waals surface area contributed by atoms with Gasteiger partial charge in [0, 0.05) is 56.2 Å². The van der Waals surface area contributed by atoms with Gasteiger partial charge < -0.3 is 20.1 Å².